The van der Waals surface area contributed by atoms with Crippen LogP contribution in [0.1, 0.15) is 38.8 Å². The largest absolute Gasteiger partial charge is 0.463 e. The van der Waals surface area contributed by atoms with Gasteiger partial charge in [-0.2, -0.15) is 0 Å². The molecular weight excluding hydrogens is 418 g/mol. The summed E-state index contributed by atoms with van der Waals surface area (Å²) in [5.74, 6) is -0.812. The third kappa shape index (κ3) is 3.98. The summed E-state index contributed by atoms with van der Waals surface area (Å²) in [6.07, 6.45) is 0.867. The van der Waals surface area contributed by atoms with Crippen molar-refractivity contribution in [2.75, 3.05) is 6.61 Å². The number of benzene rings is 3. The van der Waals surface area contributed by atoms with Gasteiger partial charge in [0.05, 0.1) is 12.1 Å². The molecule has 0 aliphatic rings. The molecule has 1 N–H and O–H groups in total. The smallest absolute Gasteiger partial charge is 0.419 e. The van der Waals surface area contributed by atoms with Gasteiger partial charge in [0.1, 0.15) is 5.60 Å². The Labute approximate surface area is 192 Å². The van der Waals surface area contributed by atoms with Gasteiger partial charge in [0, 0.05) is 22.7 Å². The first kappa shape index (κ1) is 22.6. The number of para-hydroxylation sites is 1. The van der Waals surface area contributed by atoms with Crippen LogP contribution in [-0.2, 0) is 19.9 Å². The second-order valence-corrected chi connectivity index (χ2v) is 8.87. The first-order chi connectivity index (χ1) is 15.7. The number of carbonyl (C=O) groups is 2. The number of esters is 1. The summed E-state index contributed by atoms with van der Waals surface area (Å²) in [5.41, 5.74) is -1.71. The van der Waals surface area contributed by atoms with Crippen molar-refractivity contribution in [2.45, 2.75) is 38.9 Å². The first-order valence-electron chi connectivity index (χ1n) is 10.9. The number of hydrogen-bond acceptors (Lipinski definition) is 5. The molecule has 1 aromatic heterocycles. The van der Waals surface area contributed by atoms with E-state index in [9.17, 15) is 14.7 Å². The van der Waals surface area contributed by atoms with Gasteiger partial charge in [-0.05, 0) is 44.5 Å². The lowest BCUT2D eigenvalue weighted by Crippen LogP contribution is -2.39. The zero-order valence-electron chi connectivity index (χ0n) is 19.2. The molecule has 1 heterocycles. The highest BCUT2D eigenvalue weighted by atomic mass is 16.6. The van der Waals surface area contributed by atoms with Crippen molar-refractivity contribution in [3.05, 3.63) is 84.1 Å². The van der Waals surface area contributed by atoms with E-state index in [1.807, 2.05) is 30.3 Å². The lowest BCUT2D eigenvalue weighted by molar-refractivity contribution is -0.161. The van der Waals surface area contributed by atoms with Crippen LogP contribution in [0, 0.1) is 0 Å². The molecule has 0 aliphatic heterocycles. The Hall–Kier alpha value is -3.64. The van der Waals surface area contributed by atoms with E-state index in [1.165, 1.54) is 10.8 Å². The Morgan fingerprint density at radius 1 is 0.879 bits per heavy atom. The number of hydrogen-bond donors (Lipinski definition) is 1. The molecule has 4 aromatic rings. The molecule has 0 saturated carbocycles. The van der Waals surface area contributed by atoms with Gasteiger partial charge in [0.25, 0.3) is 0 Å². The first-order valence-corrected chi connectivity index (χ1v) is 10.9. The summed E-state index contributed by atoms with van der Waals surface area (Å²) in [7, 11) is 0. The van der Waals surface area contributed by atoms with Gasteiger partial charge in [-0.15, -0.1) is 0 Å². The van der Waals surface area contributed by atoms with E-state index in [4.69, 9.17) is 9.47 Å². The van der Waals surface area contributed by atoms with Crippen molar-refractivity contribution in [3.8, 4) is 0 Å². The molecule has 3 aromatic carbocycles. The molecule has 6 nitrogen and oxygen atoms in total. The zero-order valence-corrected chi connectivity index (χ0v) is 19.2. The normalized spacial score (nSPS) is 13.6. The van der Waals surface area contributed by atoms with Crippen molar-refractivity contribution in [1.29, 1.82) is 0 Å². The van der Waals surface area contributed by atoms with E-state index in [0.29, 0.717) is 21.9 Å². The van der Waals surface area contributed by atoms with Gasteiger partial charge >= 0.3 is 12.1 Å². The minimum absolute atomic E-state index is 0.0939. The number of aromatic nitrogens is 1. The predicted octanol–water partition coefficient (Wildman–Crippen LogP) is 5.38. The summed E-state index contributed by atoms with van der Waals surface area (Å²) in [5, 5.41) is 14.3. The van der Waals surface area contributed by atoms with Crippen LogP contribution < -0.4 is 0 Å². The van der Waals surface area contributed by atoms with Crippen molar-refractivity contribution in [1.82, 2.24) is 4.57 Å². The van der Waals surface area contributed by atoms with Crippen LogP contribution in [0.3, 0.4) is 0 Å². The van der Waals surface area contributed by atoms with Crippen LogP contribution in [0.25, 0.3) is 21.7 Å². The van der Waals surface area contributed by atoms with Crippen LogP contribution >= 0.6 is 0 Å². The third-order valence-electron chi connectivity index (χ3n) is 5.44. The topological polar surface area (TPSA) is 77.8 Å². The minimum Gasteiger partial charge on any atom is -0.463 e. The molecule has 33 heavy (non-hydrogen) atoms. The number of carbonyl (C=O) groups excluding carboxylic acids is 2. The lowest BCUT2D eigenvalue weighted by atomic mass is 9.83. The summed E-state index contributed by atoms with van der Waals surface area (Å²) in [6.45, 7) is 7.12. The van der Waals surface area contributed by atoms with Crippen molar-refractivity contribution in [2.24, 2.45) is 0 Å². The van der Waals surface area contributed by atoms with Crippen LogP contribution in [0.15, 0.2) is 72.9 Å². The third-order valence-corrected chi connectivity index (χ3v) is 5.44. The van der Waals surface area contributed by atoms with Crippen molar-refractivity contribution in [3.63, 3.8) is 0 Å². The molecule has 0 saturated heterocycles. The molecule has 1 atom stereocenters. The maximum Gasteiger partial charge on any atom is 0.419 e. The average molecular weight is 446 g/mol. The standard InChI is InChI=1S/C27H27NO5/c1-5-32-24(29)27(31,21-15-10-12-18-11-6-7-13-19(18)21)22-17-28(25(30)33-26(2,3)4)23-16-9-8-14-20(22)23/h6-17,31H,5H2,1-4H3/t27-/m1/s1. The average Bonchev–Trinajstić information content (AvgIpc) is 3.18. The fraction of sp³-hybridized carbons (Fsp3) is 0.259. The SMILES string of the molecule is CCOC(=O)[C@@](O)(c1cccc2ccccc12)c1cn(C(=O)OC(C)(C)C)c2ccccc12. The maximum atomic E-state index is 13.4. The molecule has 0 fully saturated rings. The fourth-order valence-corrected chi connectivity index (χ4v) is 4.07. The van der Waals surface area contributed by atoms with E-state index in [-0.39, 0.29) is 12.2 Å². The highest BCUT2D eigenvalue weighted by Gasteiger charge is 2.45. The number of fused-ring (bicyclic) bond motifs is 2. The highest BCUT2D eigenvalue weighted by molar-refractivity contribution is 6.01. The fourth-order valence-electron chi connectivity index (χ4n) is 4.07. The molecule has 170 valence electrons. The molecule has 0 aliphatic carbocycles. The predicted molar refractivity (Wildman–Crippen MR) is 127 cm³/mol. The Bertz CT molecular complexity index is 1340. The number of ether oxygens (including phenoxy) is 2. The Morgan fingerprint density at radius 2 is 1.52 bits per heavy atom. The van der Waals surface area contributed by atoms with E-state index >= 15 is 0 Å². The molecule has 0 bridgehead atoms. The van der Waals surface area contributed by atoms with Crippen molar-refractivity contribution < 1.29 is 24.2 Å². The van der Waals surface area contributed by atoms with E-state index < -0.39 is 23.3 Å². The molecular formula is C27H27NO5. The van der Waals surface area contributed by atoms with E-state index in [2.05, 4.69) is 0 Å². The van der Waals surface area contributed by atoms with Gasteiger partial charge in [-0.25, -0.2) is 9.59 Å². The van der Waals surface area contributed by atoms with Crippen LogP contribution in [0.4, 0.5) is 4.79 Å². The van der Waals surface area contributed by atoms with E-state index in [0.717, 1.165) is 5.39 Å². The second-order valence-electron chi connectivity index (χ2n) is 8.87. The summed E-state index contributed by atoms with van der Waals surface area (Å²) < 4.78 is 12.2. The van der Waals surface area contributed by atoms with Gasteiger partial charge in [-0.1, -0.05) is 60.7 Å². The Kier molecular flexibility index (Phi) is 5.72. The molecule has 0 radical (unpaired) electrons. The quantitative estimate of drug-likeness (QED) is 0.427. The highest BCUT2D eigenvalue weighted by Crippen LogP contribution is 2.40. The molecule has 4 rings (SSSR count). The maximum absolute atomic E-state index is 13.4. The van der Waals surface area contributed by atoms with Gasteiger partial charge < -0.3 is 14.6 Å². The molecule has 0 spiro atoms. The number of aliphatic hydroxyl groups is 1. The minimum atomic E-state index is -2.15. The van der Waals surface area contributed by atoms with Crippen LogP contribution in [0.2, 0.25) is 0 Å². The second kappa shape index (κ2) is 8.37. The number of nitrogens with zero attached hydrogens (tertiary/aromatic N) is 1. The summed E-state index contributed by atoms with van der Waals surface area (Å²) in [6, 6.07) is 20.0. The van der Waals surface area contributed by atoms with Gasteiger partial charge in [-0.3, -0.25) is 4.57 Å². The van der Waals surface area contributed by atoms with E-state index in [1.54, 1.807) is 64.1 Å². The van der Waals surface area contributed by atoms with Gasteiger partial charge in [0.2, 0.25) is 5.60 Å². The molecule has 0 amide bonds. The molecule has 6 heteroatoms. The zero-order chi connectivity index (χ0) is 23.8. The van der Waals surface area contributed by atoms with Crippen molar-refractivity contribution >= 4 is 33.7 Å². The Morgan fingerprint density at radius 3 is 2.21 bits per heavy atom. The molecule has 0 unspecified atom stereocenters. The monoisotopic (exact) mass is 445 g/mol. The van der Waals surface area contributed by atoms with Gasteiger partial charge in [0.15, 0.2) is 0 Å². The lowest BCUT2D eigenvalue weighted by Gasteiger charge is -2.27. The Balaban J connectivity index is 2.03. The van der Waals surface area contributed by atoms with Crippen LogP contribution in [0.5, 0.6) is 0 Å². The van der Waals surface area contributed by atoms with Crippen LogP contribution in [-0.4, -0.2) is 33.9 Å². The summed E-state index contributed by atoms with van der Waals surface area (Å²) >= 11 is 0. The number of rotatable bonds is 4. The summed E-state index contributed by atoms with van der Waals surface area (Å²) in [4.78, 5) is 26.4.